The van der Waals surface area contributed by atoms with Crippen molar-refractivity contribution in [3.8, 4) is 0 Å². The molecule has 2 aromatic heterocycles. The van der Waals surface area contributed by atoms with Gasteiger partial charge in [0.2, 0.25) is 0 Å². The van der Waals surface area contributed by atoms with Crippen LogP contribution in [0.2, 0.25) is 0 Å². The fourth-order valence-corrected chi connectivity index (χ4v) is 2.47. The number of aryl methyl sites for hydroxylation is 1. The van der Waals surface area contributed by atoms with Crippen molar-refractivity contribution < 1.29 is 0 Å². The molecular weight excluding hydrogens is 224 g/mol. The van der Waals surface area contributed by atoms with Gasteiger partial charge in [0.15, 0.2) is 5.82 Å². The van der Waals surface area contributed by atoms with Crippen molar-refractivity contribution in [3.05, 3.63) is 47.9 Å². The van der Waals surface area contributed by atoms with Gasteiger partial charge in [-0.25, -0.2) is 0 Å². The number of pyridine rings is 1. The molecule has 0 saturated carbocycles. The lowest BCUT2D eigenvalue weighted by Crippen LogP contribution is -2.24. The first-order chi connectivity index (χ1) is 8.84. The molecule has 92 valence electrons. The summed E-state index contributed by atoms with van der Waals surface area (Å²) in [7, 11) is 0. The van der Waals surface area contributed by atoms with Gasteiger partial charge in [-0.15, -0.1) is 5.10 Å². The van der Waals surface area contributed by atoms with Crippen LogP contribution < -0.4 is 4.90 Å². The van der Waals surface area contributed by atoms with Crippen LogP contribution in [0.15, 0.2) is 36.5 Å². The molecule has 0 unspecified atom stereocenters. The van der Waals surface area contributed by atoms with Crippen molar-refractivity contribution >= 4 is 5.82 Å². The second-order valence-corrected chi connectivity index (χ2v) is 4.64. The Morgan fingerprint density at radius 2 is 2.11 bits per heavy atom. The smallest absolute Gasteiger partial charge is 0.151 e. The van der Waals surface area contributed by atoms with E-state index >= 15 is 0 Å². The van der Waals surface area contributed by atoms with E-state index in [0.29, 0.717) is 6.04 Å². The highest BCUT2D eigenvalue weighted by atomic mass is 15.3. The van der Waals surface area contributed by atoms with Crippen molar-refractivity contribution in [1.29, 1.82) is 0 Å². The van der Waals surface area contributed by atoms with Gasteiger partial charge in [0.25, 0.3) is 0 Å². The highest BCUT2D eigenvalue weighted by Gasteiger charge is 2.27. The van der Waals surface area contributed by atoms with Crippen LogP contribution in [0.25, 0.3) is 0 Å². The van der Waals surface area contributed by atoms with E-state index in [1.54, 1.807) is 0 Å². The average molecular weight is 240 g/mol. The zero-order chi connectivity index (χ0) is 12.4. The minimum Gasteiger partial charge on any atom is -0.347 e. The summed E-state index contributed by atoms with van der Waals surface area (Å²) in [5.74, 6) is 0.953. The number of hydrogen-bond donors (Lipinski definition) is 0. The van der Waals surface area contributed by atoms with E-state index in [0.717, 1.165) is 30.2 Å². The highest BCUT2D eigenvalue weighted by molar-refractivity contribution is 5.42. The van der Waals surface area contributed by atoms with Gasteiger partial charge in [0.1, 0.15) is 0 Å². The van der Waals surface area contributed by atoms with Gasteiger partial charge < -0.3 is 4.90 Å². The van der Waals surface area contributed by atoms with E-state index in [2.05, 4.69) is 26.1 Å². The van der Waals surface area contributed by atoms with E-state index in [1.165, 1.54) is 6.42 Å². The van der Waals surface area contributed by atoms with Gasteiger partial charge in [-0.05, 0) is 44.0 Å². The summed E-state index contributed by atoms with van der Waals surface area (Å²) in [6.45, 7) is 2.98. The summed E-state index contributed by atoms with van der Waals surface area (Å²) in [6.07, 6.45) is 4.16. The second kappa shape index (κ2) is 4.72. The summed E-state index contributed by atoms with van der Waals surface area (Å²) in [4.78, 5) is 6.76. The molecule has 0 amide bonds. The van der Waals surface area contributed by atoms with Gasteiger partial charge in [0, 0.05) is 12.7 Å². The number of rotatable bonds is 2. The molecule has 4 nitrogen and oxygen atoms in total. The van der Waals surface area contributed by atoms with Gasteiger partial charge >= 0.3 is 0 Å². The van der Waals surface area contributed by atoms with E-state index in [4.69, 9.17) is 0 Å². The average Bonchev–Trinajstić information content (AvgIpc) is 2.90. The number of anilines is 1. The first-order valence-corrected chi connectivity index (χ1v) is 6.32. The number of nitrogens with zero attached hydrogens (tertiary/aromatic N) is 4. The van der Waals surface area contributed by atoms with E-state index < -0.39 is 0 Å². The van der Waals surface area contributed by atoms with Crippen LogP contribution in [0, 0.1) is 6.92 Å². The maximum Gasteiger partial charge on any atom is 0.151 e. The van der Waals surface area contributed by atoms with Crippen molar-refractivity contribution in [2.75, 3.05) is 11.4 Å². The van der Waals surface area contributed by atoms with Crippen LogP contribution in [0.3, 0.4) is 0 Å². The normalized spacial score (nSPS) is 19.2. The predicted molar refractivity (Wildman–Crippen MR) is 70.3 cm³/mol. The summed E-state index contributed by atoms with van der Waals surface area (Å²) < 4.78 is 0. The Bertz CT molecular complexity index is 509. The molecule has 3 heterocycles. The fraction of sp³-hybridized carbons (Fsp3) is 0.357. The molecule has 18 heavy (non-hydrogen) atoms. The molecule has 1 atom stereocenters. The van der Waals surface area contributed by atoms with Crippen LogP contribution in [0.4, 0.5) is 5.82 Å². The Balaban J connectivity index is 1.90. The van der Waals surface area contributed by atoms with E-state index in [1.807, 2.05) is 37.4 Å². The van der Waals surface area contributed by atoms with Crippen molar-refractivity contribution in [2.45, 2.75) is 25.8 Å². The lowest BCUT2D eigenvalue weighted by molar-refractivity contribution is 0.682. The molecule has 4 heteroatoms. The Morgan fingerprint density at radius 3 is 2.83 bits per heavy atom. The molecular formula is C14H16N4. The van der Waals surface area contributed by atoms with Crippen LogP contribution in [-0.2, 0) is 0 Å². The maximum atomic E-state index is 4.46. The molecule has 0 radical (unpaired) electrons. The molecule has 2 aromatic rings. The number of hydrogen-bond acceptors (Lipinski definition) is 4. The molecule has 1 fully saturated rings. The Morgan fingerprint density at radius 1 is 1.17 bits per heavy atom. The quantitative estimate of drug-likeness (QED) is 0.809. The minimum atomic E-state index is 0.336. The van der Waals surface area contributed by atoms with Crippen molar-refractivity contribution in [1.82, 2.24) is 15.2 Å². The molecule has 0 bridgehead atoms. The zero-order valence-corrected chi connectivity index (χ0v) is 10.5. The molecule has 1 saturated heterocycles. The van der Waals surface area contributed by atoms with Crippen LogP contribution >= 0.6 is 0 Å². The predicted octanol–water partition coefficient (Wildman–Crippen LogP) is 2.52. The highest BCUT2D eigenvalue weighted by Crippen LogP contribution is 2.33. The molecule has 1 aliphatic heterocycles. The van der Waals surface area contributed by atoms with E-state index in [9.17, 15) is 0 Å². The number of aromatic nitrogens is 3. The minimum absolute atomic E-state index is 0.336. The van der Waals surface area contributed by atoms with Gasteiger partial charge in [-0.3, -0.25) is 4.98 Å². The third-order valence-corrected chi connectivity index (χ3v) is 3.36. The van der Waals surface area contributed by atoms with Crippen molar-refractivity contribution in [3.63, 3.8) is 0 Å². The molecule has 3 rings (SSSR count). The lowest BCUT2D eigenvalue weighted by atomic mass is 10.1. The Labute approximate surface area is 107 Å². The van der Waals surface area contributed by atoms with Crippen LogP contribution in [-0.4, -0.2) is 21.7 Å². The summed E-state index contributed by atoms with van der Waals surface area (Å²) >= 11 is 0. The Kier molecular flexibility index (Phi) is 2.92. The standard InChI is InChI=1S/C14H16N4/c1-11-7-8-14(17-16-11)18-10-4-6-13(18)12-5-2-3-9-15-12/h2-3,5,7-9,13H,4,6,10H2,1H3/t13-/m1/s1. The topological polar surface area (TPSA) is 41.9 Å². The van der Waals surface area contributed by atoms with Gasteiger partial charge in [-0.1, -0.05) is 6.07 Å². The largest absolute Gasteiger partial charge is 0.347 e. The monoisotopic (exact) mass is 240 g/mol. The second-order valence-electron chi connectivity index (χ2n) is 4.64. The lowest BCUT2D eigenvalue weighted by Gasteiger charge is -2.24. The molecule has 0 spiro atoms. The van der Waals surface area contributed by atoms with Crippen molar-refractivity contribution in [2.24, 2.45) is 0 Å². The maximum absolute atomic E-state index is 4.46. The first-order valence-electron chi connectivity index (χ1n) is 6.32. The van der Waals surface area contributed by atoms with Gasteiger partial charge in [0.05, 0.1) is 17.4 Å². The summed E-state index contributed by atoms with van der Waals surface area (Å²) in [6, 6.07) is 10.5. The molecule has 0 aliphatic carbocycles. The molecule has 0 aromatic carbocycles. The van der Waals surface area contributed by atoms with Crippen LogP contribution in [0.1, 0.15) is 30.3 Å². The van der Waals surface area contributed by atoms with E-state index in [-0.39, 0.29) is 0 Å². The van der Waals surface area contributed by atoms with Crippen LogP contribution in [0.5, 0.6) is 0 Å². The third-order valence-electron chi connectivity index (χ3n) is 3.36. The van der Waals surface area contributed by atoms with Gasteiger partial charge in [-0.2, -0.15) is 5.10 Å². The summed E-state index contributed by atoms with van der Waals surface area (Å²) in [5, 5.41) is 8.42. The molecule has 1 aliphatic rings. The third kappa shape index (κ3) is 2.06. The SMILES string of the molecule is Cc1ccc(N2CCC[C@@H]2c2ccccn2)nn1. The zero-order valence-electron chi connectivity index (χ0n) is 10.5. The summed E-state index contributed by atoms with van der Waals surface area (Å²) in [5.41, 5.74) is 2.07. The Hall–Kier alpha value is -1.97. The fourth-order valence-electron chi connectivity index (χ4n) is 2.47. The first kappa shape index (κ1) is 11.1. The molecule has 0 N–H and O–H groups in total.